The number of nitrogens with one attached hydrogen (secondary N) is 1. The van der Waals surface area contributed by atoms with Crippen LogP contribution in [0.15, 0.2) is 36.4 Å². The molecule has 0 saturated carbocycles. The van der Waals surface area contributed by atoms with Gasteiger partial charge in [-0.05, 0) is 42.8 Å². The number of hydrogen-bond acceptors (Lipinski definition) is 3. The Balaban J connectivity index is 1.77. The molecule has 0 aromatic heterocycles. The standard InChI is InChI=1S/C17H14ClFN2O3/c1-10-2-5-15-14(6-10)21(17(23)9-24-15)8-16(22)20-11-3-4-13(19)12(18)7-11/h2-7H,8-9H2,1H3,(H,20,22). The summed E-state index contributed by atoms with van der Waals surface area (Å²) in [5.74, 6) is -0.735. The highest BCUT2D eigenvalue weighted by Gasteiger charge is 2.27. The Bertz CT molecular complexity index is 825. The van der Waals surface area contributed by atoms with E-state index in [0.717, 1.165) is 11.6 Å². The van der Waals surface area contributed by atoms with Crippen LogP contribution in [0.5, 0.6) is 5.75 Å². The molecule has 1 heterocycles. The number of fused-ring (bicyclic) bond motifs is 1. The third kappa shape index (κ3) is 3.33. The molecule has 7 heteroatoms. The maximum Gasteiger partial charge on any atom is 0.265 e. The summed E-state index contributed by atoms with van der Waals surface area (Å²) in [6, 6.07) is 9.30. The van der Waals surface area contributed by atoms with Crippen molar-refractivity contribution >= 4 is 34.8 Å². The Morgan fingerprint density at radius 1 is 1.33 bits per heavy atom. The molecule has 1 aliphatic rings. The van der Waals surface area contributed by atoms with Gasteiger partial charge in [-0.25, -0.2) is 4.39 Å². The minimum Gasteiger partial charge on any atom is -0.482 e. The van der Waals surface area contributed by atoms with E-state index < -0.39 is 11.7 Å². The van der Waals surface area contributed by atoms with E-state index in [1.807, 2.05) is 13.0 Å². The van der Waals surface area contributed by atoms with Crippen molar-refractivity contribution in [1.82, 2.24) is 0 Å². The van der Waals surface area contributed by atoms with Crippen LogP contribution < -0.4 is 15.0 Å². The molecule has 1 aliphatic heterocycles. The van der Waals surface area contributed by atoms with Gasteiger partial charge in [0, 0.05) is 5.69 Å². The van der Waals surface area contributed by atoms with Crippen LogP contribution in [0.25, 0.3) is 0 Å². The zero-order valence-electron chi connectivity index (χ0n) is 12.8. The van der Waals surface area contributed by atoms with E-state index in [1.165, 1.54) is 17.0 Å². The lowest BCUT2D eigenvalue weighted by Crippen LogP contribution is -2.43. The second-order valence-corrected chi connectivity index (χ2v) is 5.82. The van der Waals surface area contributed by atoms with Crippen molar-refractivity contribution in [2.45, 2.75) is 6.92 Å². The first-order chi connectivity index (χ1) is 11.4. The molecule has 2 aromatic carbocycles. The zero-order chi connectivity index (χ0) is 17.3. The van der Waals surface area contributed by atoms with Crippen LogP contribution in [0.2, 0.25) is 5.02 Å². The van der Waals surface area contributed by atoms with Crippen LogP contribution in [0.4, 0.5) is 15.8 Å². The summed E-state index contributed by atoms with van der Waals surface area (Å²) in [7, 11) is 0. The number of amides is 2. The molecule has 2 amide bonds. The number of aryl methyl sites for hydroxylation is 1. The van der Waals surface area contributed by atoms with Crippen molar-refractivity contribution in [2.75, 3.05) is 23.4 Å². The average molecular weight is 349 g/mol. The molecule has 0 bridgehead atoms. The maximum absolute atomic E-state index is 13.2. The first kappa shape index (κ1) is 16.3. The molecule has 124 valence electrons. The van der Waals surface area contributed by atoms with Gasteiger partial charge in [-0.3, -0.25) is 14.5 Å². The SMILES string of the molecule is Cc1ccc2c(c1)N(CC(=O)Nc1ccc(F)c(Cl)c1)C(=O)CO2. The van der Waals surface area contributed by atoms with Gasteiger partial charge in [-0.1, -0.05) is 17.7 Å². The number of rotatable bonds is 3. The number of ether oxygens (including phenoxy) is 1. The van der Waals surface area contributed by atoms with Crippen molar-refractivity contribution in [3.05, 3.63) is 52.8 Å². The summed E-state index contributed by atoms with van der Waals surface area (Å²) in [6.45, 7) is 1.59. The molecule has 0 spiro atoms. The summed E-state index contributed by atoms with van der Waals surface area (Å²) in [5.41, 5.74) is 1.86. The van der Waals surface area contributed by atoms with Gasteiger partial charge in [-0.15, -0.1) is 0 Å². The molecule has 0 atom stereocenters. The molecular formula is C17H14ClFN2O3. The van der Waals surface area contributed by atoms with E-state index in [-0.39, 0.29) is 24.1 Å². The van der Waals surface area contributed by atoms with Crippen LogP contribution in [0.1, 0.15) is 5.56 Å². The van der Waals surface area contributed by atoms with Crippen LogP contribution in [0.3, 0.4) is 0 Å². The van der Waals surface area contributed by atoms with Gasteiger partial charge in [0.1, 0.15) is 18.1 Å². The van der Waals surface area contributed by atoms with Crippen molar-refractivity contribution in [1.29, 1.82) is 0 Å². The van der Waals surface area contributed by atoms with Gasteiger partial charge >= 0.3 is 0 Å². The first-order valence-electron chi connectivity index (χ1n) is 7.23. The highest BCUT2D eigenvalue weighted by molar-refractivity contribution is 6.31. The summed E-state index contributed by atoms with van der Waals surface area (Å²) in [4.78, 5) is 25.7. The Kier molecular flexibility index (Phi) is 4.40. The summed E-state index contributed by atoms with van der Waals surface area (Å²) in [6.07, 6.45) is 0. The van der Waals surface area contributed by atoms with E-state index in [1.54, 1.807) is 12.1 Å². The second kappa shape index (κ2) is 6.49. The van der Waals surface area contributed by atoms with Gasteiger partial charge in [0.2, 0.25) is 5.91 Å². The van der Waals surface area contributed by atoms with Gasteiger partial charge in [0.25, 0.3) is 5.91 Å². The highest BCUT2D eigenvalue weighted by atomic mass is 35.5. The van der Waals surface area contributed by atoms with Gasteiger partial charge in [0.05, 0.1) is 10.7 Å². The normalized spacial score (nSPS) is 13.3. The Morgan fingerprint density at radius 2 is 2.12 bits per heavy atom. The predicted octanol–water partition coefficient (Wildman–Crippen LogP) is 3.15. The van der Waals surface area contributed by atoms with Gasteiger partial charge in [0.15, 0.2) is 6.61 Å². The van der Waals surface area contributed by atoms with Crippen molar-refractivity contribution in [3.8, 4) is 5.75 Å². The van der Waals surface area contributed by atoms with Crippen LogP contribution >= 0.6 is 11.6 Å². The Morgan fingerprint density at radius 3 is 2.88 bits per heavy atom. The average Bonchev–Trinajstić information content (AvgIpc) is 2.54. The first-order valence-corrected chi connectivity index (χ1v) is 7.60. The quantitative estimate of drug-likeness (QED) is 0.927. The fraction of sp³-hybridized carbons (Fsp3) is 0.176. The molecule has 0 aliphatic carbocycles. The number of benzene rings is 2. The van der Waals surface area contributed by atoms with Crippen LogP contribution in [-0.4, -0.2) is 25.0 Å². The minimum absolute atomic E-state index is 0.0868. The number of carbonyl (C=O) groups is 2. The maximum atomic E-state index is 13.2. The molecule has 5 nitrogen and oxygen atoms in total. The monoisotopic (exact) mass is 348 g/mol. The van der Waals surface area contributed by atoms with Crippen molar-refractivity contribution < 1.29 is 18.7 Å². The Labute approximate surface area is 143 Å². The fourth-order valence-electron chi connectivity index (χ4n) is 2.40. The number of halogens is 2. The van der Waals surface area contributed by atoms with E-state index in [2.05, 4.69) is 5.32 Å². The second-order valence-electron chi connectivity index (χ2n) is 5.42. The van der Waals surface area contributed by atoms with Crippen molar-refractivity contribution in [3.63, 3.8) is 0 Å². The Hall–Kier alpha value is -2.60. The van der Waals surface area contributed by atoms with Crippen LogP contribution in [-0.2, 0) is 9.59 Å². The molecule has 2 aromatic rings. The third-order valence-corrected chi connectivity index (χ3v) is 3.85. The topological polar surface area (TPSA) is 58.6 Å². The summed E-state index contributed by atoms with van der Waals surface area (Å²) < 4.78 is 18.5. The molecule has 0 radical (unpaired) electrons. The molecule has 24 heavy (non-hydrogen) atoms. The number of nitrogens with zero attached hydrogens (tertiary/aromatic N) is 1. The van der Waals surface area contributed by atoms with E-state index >= 15 is 0 Å². The van der Waals surface area contributed by atoms with Gasteiger partial charge < -0.3 is 10.1 Å². The van der Waals surface area contributed by atoms with E-state index in [9.17, 15) is 14.0 Å². The largest absolute Gasteiger partial charge is 0.482 e. The lowest BCUT2D eigenvalue weighted by atomic mass is 10.1. The number of anilines is 2. The van der Waals surface area contributed by atoms with Gasteiger partial charge in [-0.2, -0.15) is 0 Å². The molecular weight excluding hydrogens is 335 g/mol. The molecule has 3 rings (SSSR count). The zero-order valence-corrected chi connectivity index (χ0v) is 13.6. The lowest BCUT2D eigenvalue weighted by Gasteiger charge is -2.29. The molecule has 1 N–H and O–H groups in total. The molecule has 0 saturated heterocycles. The van der Waals surface area contributed by atoms with E-state index in [0.29, 0.717) is 17.1 Å². The molecule has 0 fully saturated rings. The lowest BCUT2D eigenvalue weighted by molar-refractivity contribution is -0.123. The fourth-order valence-corrected chi connectivity index (χ4v) is 2.58. The summed E-state index contributed by atoms with van der Waals surface area (Å²) >= 11 is 5.69. The van der Waals surface area contributed by atoms with Crippen LogP contribution in [0, 0.1) is 12.7 Å². The third-order valence-electron chi connectivity index (χ3n) is 3.56. The smallest absolute Gasteiger partial charge is 0.265 e. The number of carbonyl (C=O) groups excluding carboxylic acids is 2. The number of hydrogen-bond donors (Lipinski definition) is 1. The summed E-state index contributed by atoms with van der Waals surface area (Å²) in [5, 5.41) is 2.51. The highest BCUT2D eigenvalue weighted by Crippen LogP contribution is 2.32. The van der Waals surface area contributed by atoms with Crippen molar-refractivity contribution in [2.24, 2.45) is 0 Å². The van der Waals surface area contributed by atoms with E-state index in [4.69, 9.17) is 16.3 Å². The minimum atomic E-state index is -0.567. The molecule has 0 unspecified atom stereocenters. The predicted molar refractivity (Wildman–Crippen MR) is 89.1 cm³/mol.